The number of benzene rings is 1. The minimum atomic E-state index is 0.0358. The van der Waals surface area contributed by atoms with Crippen LogP contribution in [0.4, 0.5) is 0 Å². The average Bonchev–Trinajstić information content (AvgIpc) is 2.48. The first-order chi connectivity index (χ1) is 10.5. The molecule has 0 fully saturated rings. The van der Waals surface area contributed by atoms with Gasteiger partial charge < -0.3 is 14.6 Å². The molecule has 1 N–H and O–H groups in total. The Balaban J connectivity index is 2.37. The van der Waals surface area contributed by atoms with Crippen molar-refractivity contribution in [2.24, 2.45) is 7.05 Å². The lowest BCUT2D eigenvalue weighted by atomic mass is 10.1. The van der Waals surface area contributed by atoms with Gasteiger partial charge in [-0.05, 0) is 38.6 Å². The Morgan fingerprint density at radius 1 is 1.23 bits per heavy atom. The van der Waals surface area contributed by atoms with Gasteiger partial charge in [-0.2, -0.15) is 0 Å². The molecule has 118 valence electrons. The van der Waals surface area contributed by atoms with Crippen molar-refractivity contribution < 1.29 is 4.74 Å². The van der Waals surface area contributed by atoms with Crippen LogP contribution in [0.25, 0.3) is 11.3 Å². The summed E-state index contributed by atoms with van der Waals surface area (Å²) in [5.74, 6) is 0.816. The molecule has 0 bridgehead atoms. The van der Waals surface area contributed by atoms with Crippen LogP contribution in [0.15, 0.2) is 41.2 Å². The number of aromatic nitrogens is 1. The lowest BCUT2D eigenvalue weighted by molar-refractivity contribution is 0.242. The van der Waals surface area contributed by atoms with Gasteiger partial charge in [0.2, 0.25) is 0 Å². The molecule has 0 saturated carbocycles. The summed E-state index contributed by atoms with van der Waals surface area (Å²) < 4.78 is 7.42. The second-order valence-corrected chi connectivity index (χ2v) is 5.58. The second kappa shape index (κ2) is 7.27. The van der Waals surface area contributed by atoms with Crippen LogP contribution < -0.4 is 15.6 Å². The Morgan fingerprint density at radius 3 is 2.68 bits per heavy atom. The van der Waals surface area contributed by atoms with Gasteiger partial charge in [0.1, 0.15) is 5.75 Å². The molecule has 1 aromatic carbocycles. The van der Waals surface area contributed by atoms with Crippen LogP contribution in [-0.4, -0.2) is 17.2 Å². The summed E-state index contributed by atoms with van der Waals surface area (Å²) in [7, 11) is 1.81. The van der Waals surface area contributed by atoms with Gasteiger partial charge in [0.05, 0.1) is 11.8 Å². The highest BCUT2D eigenvalue weighted by Gasteiger charge is 2.08. The zero-order valence-electron chi connectivity index (χ0n) is 13.7. The summed E-state index contributed by atoms with van der Waals surface area (Å²) >= 11 is 0. The first kappa shape index (κ1) is 16.3. The van der Waals surface area contributed by atoms with E-state index < -0.39 is 0 Å². The van der Waals surface area contributed by atoms with E-state index >= 15 is 0 Å². The fourth-order valence-electron chi connectivity index (χ4n) is 2.37. The van der Waals surface area contributed by atoms with E-state index in [0.717, 1.165) is 29.1 Å². The van der Waals surface area contributed by atoms with Gasteiger partial charge in [-0.15, -0.1) is 0 Å². The molecule has 0 aliphatic rings. The van der Waals surface area contributed by atoms with Crippen LogP contribution in [0.1, 0.15) is 26.3 Å². The molecule has 0 atom stereocenters. The lowest BCUT2D eigenvalue weighted by Crippen LogP contribution is -2.26. The van der Waals surface area contributed by atoms with Crippen LogP contribution in [0.3, 0.4) is 0 Å². The molecule has 4 heteroatoms. The van der Waals surface area contributed by atoms with Gasteiger partial charge in [-0.25, -0.2) is 0 Å². The monoisotopic (exact) mass is 300 g/mol. The minimum absolute atomic E-state index is 0.0358. The molecule has 22 heavy (non-hydrogen) atoms. The minimum Gasteiger partial charge on any atom is -0.491 e. The van der Waals surface area contributed by atoms with E-state index in [1.54, 1.807) is 4.57 Å². The molecule has 0 amide bonds. The third-order valence-electron chi connectivity index (χ3n) is 3.45. The molecule has 2 aromatic rings. The number of nitrogens with one attached hydrogen (secondary N) is 1. The zero-order valence-corrected chi connectivity index (χ0v) is 13.7. The van der Waals surface area contributed by atoms with E-state index in [0.29, 0.717) is 6.54 Å². The predicted molar refractivity (Wildman–Crippen MR) is 90.3 cm³/mol. The van der Waals surface area contributed by atoms with Crippen LogP contribution in [0.5, 0.6) is 5.75 Å². The normalized spacial score (nSPS) is 11.0. The molecule has 0 aliphatic carbocycles. The Hall–Kier alpha value is -2.07. The van der Waals surface area contributed by atoms with E-state index in [-0.39, 0.29) is 11.7 Å². The molecule has 0 saturated heterocycles. The standard InChI is InChI=1S/C18H24N2O2/c1-5-19-12-15-9-10-17(20(4)18(15)21)14-7-6-8-16(11-14)22-13(2)3/h6-11,13,19H,5,12H2,1-4H3. The Bertz CT molecular complexity index is 690. The van der Waals surface area contributed by atoms with Crippen molar-refractivity contribution in [3.05, 3.63) is 52.3 Å². The lowest BCUT2D eigenvalue weighted by Gasteiger charge is -2.14. The predicted octanol–water partition coefficient (Wildman–Crippen LogP) is 2.95. The van der Waals surface area contributed by atoms with Crippen LogP contribution in [-0.2, 0) is 13.6 Å². The van der Waals surface area contributed by atoms with Gasteiger partial charge in [-0.3, -0.25) is 4.79 Å². The SMILES string of the molecule is CCNCc1ccc(-c2cccc(OC(C)C)c2)n(C)c1=O. The van der Waals surface area contributed by atoms with Gasteiger partial charge >= 0.3 is 0 Å². The molecule has 0 aliphatic heterocycles. The molecular formula is C18H24N2O2. The summed E-state index contributed by atoms with van der Waals surface area (Å²) in [4.78, 5) is 12.4. The van der Waals surface area contributed by atoms with Gasteiger partial charge in [0.15, 0.2) is 0 Å². The molecule has 4 nitrogen and oxygen atoms in total. The third kappa shape index (κ3) is 3.77. The summed E-state index contributed by atoms with van der Waals surface area (Å²) in [6.45, 7) is 7.47. The highest BCUT2D eigenvalue weighted by molar-refractivity contribution is 5.61. The molecule has 1 aromatic heterocycles. The van der Waals surface area contributed by atoms with E-state index in [1.807, 2.05) is 64.2 Å². The largest absolute Gasteiger partial charge is 0.491 e. The van der Waals surface area contributed by atoms with Crippen molar-refractivity contribution in [2.45, 2.75) is 33.4 Å². The van der Waals surface area contributed by atoms with E-state index in [1.165, 1.54) is 0 Å². The maximum Gasteiger partial charge on any atom is 0.255 e. The average molecular weight is 300 g/mol. The summed E-state index contributed by atoms with van der Waals surface area (Å²) in [5, 5.41) is 3.19. The molecule has 0 radical (unpaired) electrons. The van der Waals surface area contributed by atoms with Crippen molar-refractivity contribution >= 4 is 0 Å². The first-order valence-corrected chi connectivity index (χ1v) is 7.69. The van der Waals surface area contributed by atoms with Crippen LogP contribution >= 0.6 is 0 Å². The summed E-state index contributed by atoms with van der Waals surface area (Å²) in [5.41, 5.74) is 2.68. The molecular weight excluding hydrogens is 276 g/mol. The van der Waals surface area contributed by atoms with E-state index in [2.05, 4.69) is 5.32 Å². The fourth-order valence-corrected chi connectivity index (χ4v) is 2.37. The Labute approximate surface area is 131 Å². The van der Waals surface area contributed by atoms with E-state index in [9.17, 15) is 4.79 Å². The first-order valence-electron chi connectivity index (χ1n) is 7.69. The number of ether oxygens (including phenoxy) is 1. The zero-order chi connectivity index (χ0) is 16.1. The van der Waals surface area contributed by atoms with Crippen molar-refractivity contribution in [2.75, 3.05) is 6.54 Å². The highest BCUT2D eigenvalue weighted by atomic mass is 16.5. The van der Waals surface area contributed by atoms with E-state index in [4.69, 9.17) is 4.74 Å². The fraction of sp³-hybridized carbons (Fsp3) is 0.389. The van der Waals surface area contributed by atoms with Crippen molar-refractivity contribution in [1.82, 2.24) is 9.88 Å². The molecule has 0 spiro atoms. The number of pyridine rings is 1. The maximum atomic E-state index is 12.4. The molecule has 1 heterocycles. The third-order valence-corrected chi connectivity index (χ3v) is 3.45. The topological polar surface area (TPSA) is 43.3 Å². The number of nitrogens with zero attached hydrogens (tertiary/aromatic N) is 1. The molecule has 2 rings (SSSR count). The number of hydrogen-bond acceptors (Lipinski definition) is 3. The molecule has 0 unspecified atom stereocenters. The van der Waals surface area contributed by atoms with Crippen molar-refractivity contribution in [3.63, 3.8) is 0 Å². The summed E-state index contributed by atoms with van der Waals surface area (Å²) in [6, 6.07) is 11.7. The summed E-state index contributed by atoms with van der Waals surface area (Å²) in [6.07, 6.45) is 0.126. The van der Waals surface area contributed by atoms with Gasteiger partial charge in [0.25, 0.3) is 5.56 Å². The Kier molecular flexibility index (Phi) is 5.39. The van der Waals surface area contributed by atoms with Crippen LogP contribution in [0, 0.1) is 0 Å². The smallest absolute Gasteiger partial charge is 0.255 e. The number of hydrogen-bond donors (Lipinski definition) is 1. The van der Waals surface area contributed by atoms with Crippen LogP contribution in [0.2, 0.25) is 0 Å². The van der Waals surface area contributed by atoms with Gasteiger partial charge in [-0.1, -0.05) is 25.1 Å². The van der Waals surface area contributed by atoms with Gasteiger partial charge in [0, 0.05) is 24.7 Å². The Morgan fingerprint density at radius 2 is 2.00 bits per heavy atom. The maximum absolute atomic E-state index is 12.4. The second-order valence-electron chi connectivity index (χ2n) is 5.58. The van der Waals surface area contributed by atoms with Crippen molar-refractivity contribution in [1.29, 1.82) is 0 Å². The van der Waals surface area contributed by atoms with Crippen molar-refractivity contribution in [3.8, 4) is 17.0 Å². The quantitative estimate of drug-likeness (QED) is 0.892. The highest BCUT2D eigenvalue weighted by Crippen LogP contribution is 2.23. The number of rotatable bonds is 6.